The van der Waals surface area contributed by atoms with Gasteiger partial charge in [0.05, 0.1) is 11.8 Å². The number of benzene rings is 3. The molecule has 1 saturated carbocycles. The zero-order valence-electron chi connectivity index (χ0n) is 19.2. The first kappa shape index (κ1) is 22.3. The molecule has 0 heterocycles. The Morgan fingerprint density at radius 2 is 1.50 bits per heavy atom. The molecule has 1 aliphatic rings. The third-order valence-corrected chi connectivity index (χ3v) is 6.80. The van der Waals surface area contributed by atoms with Crippen molar-refractivity contribution in [1.29, 1.82) is 0 Å². The zero-order valence-corrected chi connectivity index (χ0v) is 19.2. The Kier molecular flexibility index (Phi) is 6.78. The second-order valence-corrected chi connectivity index (χ2v) is 9.10. The summed E-state index contributed by atoms with van der Waals surface area (Å²) in [5.74, 6) is -0.474. The van der Waals surface area contributed by atoms with Gasteiger partial charge < -0.3 is 9.47 Å². The molecule has 0 aromatic heterocycles. The smallest absolute Gasteiger partial charge is 0.309 e. The van der Waals surface area contributed by atoms with Crippen LogP contribution in [0, 0.1) is 11.8 Å². The van der Waals surface area contributed by atoms with E-state index < -0.39 is 0 Å². The van der Waals surface area contributed by atoms with E-state index >= 15 is 0 Å². The van der Waals surface area contributed by atoms with Crippen molar-refractivity contribution < 1.29 is 19.1 Å². The molecule has 3 aromatic carbocycles. The van der Waals surface area contributed by atoms with Crippen molar-refractivity contribution in [2.24, 2.45) is 11.8 Å². The van der Waals surface area contributed by atoms with Crippen LogP contribution in [0.3, 0.4) is 0 Å². The number of hydrogen-bond acceptors (Lipinski definition) is 4. The van der Waals surface area contributed by atoms with Crippen LogP contribution >= 0.6 is 0 Å². The van der Waals surface area contributed by atoms with Gasteiger partial charge in [-0.1, -0.05) is 50.2 Å². The first-order valence-electron chi connectivity index (χ1n) is 11.8. The quantitative estimate of drug-likeness (QED) is 0.319. The topological polar surface area (TPSA) is 52.6 Å². The van der Waals surface area contributed by atoms with Crippen LogP contribution in [0.15, 0.2) is 54.6 Å². The van der Waals surface area contributed by atoms with E-state index in [-0.39, 0.29) is 36.0 Å². The van der Waals surface area contributed by atoms with Gasteiger partial charge in [0.15, 0.2) is 0 Å². The number of carbonyl (C=O) groups excluding carboxylic acids is 2. The first-order valence-corrected chi connectivity index (χ1v) is 11.8. The molecule has 2 atom stereocenters. The number of hydrogen-bond donors (Lipinski definition) is 0. The normalized spacial score (nSPS) is 20.6. The van der Waals surface area contributed by atoms with Crippen LogP contribution < -0.4 is 0 Å². The van der Waals surface area contributed by atoms with Gasteiger partial charge in [-0.05, 0) is 84.3 Å². The van der Waals surface area contributed by atoms with Gasteiger partial charge in [0.25, 0.3) is 0 Å². The van der Waals surface area contributed by atoms with Gasteiger partial charge in [-0.15, -0.1) is 0 Å². The average Bonchev–Trinajstić information content (AvgIpc) is 2.82. The highest BCUT2D eigenvalue weighted by Crippen LogP contribution is 2.31. The summed E-state index contributed by atoms with van der Waals surface area (Å²) in [6.07, 6.45) is 3.25. The van der Waals surface area contributed by atoms with Crippen LogP contribution in [0.4, 0.5) is 0 Å². The maximum absolute atomic E-state index is 12.8. The minimum Gasteiger partial charge on any atom is -0.462 e. The molecule has 1 aliphatic carbocycles. The lowest BCUT2D eigenvalue weighted by Crippen LogP contribution is -2.30. The Hall–Kier alpha value is -2.88. The molecule has 0 amide bonds. The highest BCUT2D eigenvalue weighted by Gasteiger charge is 2.30. The molecule has 0 radical (unpaired) electrons. The molecule has 32 heavy (non-hydrogen) atoms. The molecule has 0 spiro atoms. The van der Waals surface area contributed by atoms with Crippen LogP contribution in [-0.2, 0) is 19.1 Å². The van der Waals surface area contributed by atoms with Crippen molar-refractivity contribution in [1.82, 2.24) is 0 Å². The van der Waals surface area contributed by atoms with Gasteiger partial charge in [-0.25, -0.2) is 0 Å². The molecular weight excluding hydrogens is 400 g/mol. The fourth-order valence-corrected chi connectivity index (χ4v) is 4.41. The summed E-state index contributed by atoms with van der Waals surface area (Å²) in [4.78, 5) is 24.8. The van der Waals surface area contributed by atoms with Crippen molar-refractivity contribution in [3.05, 3.63) is 60.2 Å². The van der Waals surface area contributed by atoms with E-state index in [0.29, 0.717) is 12.8 Å². The van der Waals surface area contributed by atoms with Gasteiger partial charge in [0.2, 0.25) is 0 Å². The van der Waals surface area contributed by atoms with E-state index in [1.54, 1.807) is 0 Å². The Morgan fingerprint density at radius 1 is 0.875 bits per heavy atom. The summed E-state index contributed by atoms with van der Waals surface area (Å²) in [7, 11) is 0. The molecule has 1 fully saturated rings. The number of rotatable bonds is 6. The van der Waals surface area contributed by atoms with Crippen molar-refractivity contribution >= 4 is 33.5 Å². The van der Waals surface area contributed by atoms with Crippen molar-refractivity contribution in [3.8, 4) is 0 Å². The van der Waals surface area contributed by atoms with E-state index in [9.17, 15) is 9.59 Å². The van der Waals surface area contributed by atoms with E-state index in [1.807, 2.05) is 39.0 Å². The maximum atomic E-state index is 12.8. The van der Waals surface area contributed by atoms with E-state index in [4.69, 9.17) is 9.47 Å². The Morgan fingerprint density at radius 3 is 2.16 bits per heavy atom. The monoisotopic (exact) mass is 432 g/mol. The van der Waals surface area contributed by atoms with Crippen LogP contribution in [0.2, 0.25) is 0 Å². The lowest BCUT2D eigenvalue weighted by molar-refractivity contribution is -0.159. The third kappa shape index (κ3) is 4.95. The molecule has 3 aromatic rings. The summed E-state index contributed by atoms with van der Waals surface area (Å²) in [6, 6.07) is 19.0. The number of carbonyl (C=O) groups is 2. The predicted molar refractivity (Wildman–Crippen MR) is 127 cm³/mol. The molecule has 4 nitrogen and oxygen atoms in total. The summed E-state index contributed by atoms with van der Waals surface area (Å²) < 4.78 is 11.4. The predicted octanol–water partition coefficient (Wildman–Crippen LogP) is 6.75. The van der Waals surface area contributed by atoms with E-state index in [0.717, 1.165) is 30.2 Å². The Bertz CT molecular complexity index is 1110. The molecule has 2 unspecified atom stereocenters. The van der Waals surface area contributed by atoms with E-state index in [1.165, 1.54) is 16.2 Å². The molecular formula is C28H32O4. The molecule has 4 heteroatoms. The summed E-state index contributed by atoms with van der Waals surface area (Å²) in [5, 5.41) is 4.74. The third-order valence-electron chi connectivity index (χ3n) is 6.80. The van der Waals surface area contributed by atoms with Crippen LogP contribution in [0.5, 0.6) is 0 Å². The van der Waals surface area contributed by atoms with Crippen LogP contribution in [0.1, 0.15) is 64.5 Å². The second kappa shape index (κ2) is 9.72. The average molecular weight is 433 g/mol. The summed E-state index contributed by atoms with van der Waals surface area (Å²) in [6.45, 7) is 5.80. The largest absolute Gasteiger partial charge is 0.462 e. The number of ether oxygens (including phenoxy) is 2. The molecule has 0 saturated heterocycles. The number of esters is 2. The second-order valence-electron chi connectivity index (χ2n) is 9.10. The van der Waals surface area contributed by atoms with Crippen LogP contribution in [-0.4, -0.2) is 18.0 Å². The fraction of sp³-hybridized carbons (Fsp3) is 0.429. The first-order chi connectivity index (χ1) is 15.4. The molecule has 168 valence electrons. The fourth-order valence-electron chi connectivity index (χ4n) is 4.41. The van der Waals surface area contributed by atoms with Gasteiger partial charge in [-0.3, -0.25) is 9.59 Å². The zero-order chi connectivity index (χ0) is 22.7. The minimum absolute atomic E-state index is 0.0709. The number of fused-ring (bicyclic) bond motifs is 2. The lowest BCUT2D eigenvalue weighted by Gasteiger charge is -2.28. The highest BCUT2D eigenvalue weighted by atomic mass is 16.5. The SMILES string of the molecule is CCC(C)C(=O)OC1CCC(C(=O)OC(C)c2ccc3cc4ccccc4cc3c2)CC1. The maximum Gasteiger partial charge on any atom is 0.309 e. The van der Waals surface area contributed by atoms with Crippen molar-refractivity contribution in [2.45, 2.75) is 65.1 Å². The van der Waals surface area contributed by atoms with Crippen LogP contribution in [0.25, 0.3) is 21.5 Å². The van der Waals surface area contributed by atoms with Crippen molar-refractivity contribution in [2.75, 3.05) is 0 Å². The van der Waals surface area contributed by atoms with Gasteiger partial charge in [0.1, 0.15) is 12.2 Å². The molecule has 4 rings (SSSR count). The van der Waals surface area contributed by atoms with Gasteiger partial charge in [0, 0.05) is 0 Å². The standard InChI is InChI=1S/C28H32O4/c1-4-18(2)27(29)32-26-13-11-20(12-14-26)28(30)31-19(3)21-9-10-24-16-22-7-5-6-8-23(22)17-25(24)15-21/h5-10,15-20,26H,4,11-14H2,1-3H3. The summed E-state index contributed by atoms with van der Waals surface area (Å²) in [5.41, 5.74) is 0.998. The highest BCUT2D eigenvalue weighted by molar-refractivity contribution is 5.98. The van der Waals surface area contributed by atoms with Gasteiger partial charge >= 0.3 is 11.9 Å². The molecule has 0 aliphatic heterocycles. The van der Waals surface area contributed by atoms with E-state index in [2.05, 4.69) is 36.4 Å². The minimum atomic E-state index is -0.306. The van der Waals surface area contributed by atoms with Gasteiger partial charge in [-0.2, -0.15) is 0 Å². The Balaban J connectivity index is 1.36. The summed E-state index contributed by atoms with van der Waals surface area (Å²) >= 11 is 0. The lowest BCUT2D eigenvalue weighted by atomic mass is 9.87. The molecule has 0 bridgehead atoms. The Labute approximate surface area is 189 Å². The van der Waals surface area contributed by atoms with Crippen molar-refractivity contribution in [3.63, 3.8) is 0 Å². The molecule has 0 N–H and O–H groups in total.